The molecule has 0 aliphatic carbocycles. The lowest BCUT2D eigenvalue weighted by molar-refractivity contribution is -0.385. The predicted octanol–water partition coefficient (Wildman–Crippen LogP) is 0.558. The Balaban J connectivity index is 2.08. The molecule has 2 atom stereocenters. The van der Waals surface area contributed by atoms with Gasteiger partial charge in [0.25, 0.3) is 11.6 Å². The first-order valence-electron chi connectivity index (χ1n) is 6.10. The van der Waals surface area contributed by atoms with Crippen molar-refractivity contribution in [2.75, 3.05) is 19.6 Å². The SMILES string of the molecule is O=C(NCC1CNCC1O)c1cc(Cl)ccc1[N+](=O)[O-]. The summed E-state index contributed by atoms with van der Waals surface area (Å²) in [6.07, 6.45) is -0.523. The number of amides is 1. The highest BCUT2D eigenvalue weighted by Gasteiger charge is 2.26. The van der Waals surface area contributed by atoms with E-state index in [0.29, 0.717) is 13.1 Å². The second-order valence-corrected chi connectivity index (χ2v) is 5.05. The Morgan fingerprint density at radius 1 is 1.55 bits per heavy atom. The first-order valence-corrected chi connectivity index (χ1v) is 6.47. The average molecular weight is 300 g/mol. The van der Waals surface area contributed by atoms with Crippen molar-refractivity contribution in [3.05, 3.63) is 38.9 Å². The number of aliphatic hydroxyl groups excluding tert-OH is 1. The smallest absolute Gasteiger partial charge is 0.282 e. The minimum absolute atomic E-state index is 0.0806. The Morgan fingerprint density at radius 3 is 2.90 bits per heavy atom. The van der Waals surface area contributed by atoms with Gasteiger partial charge >= 0.3 is 0 Å². The van der Waals surface area contributed by atoms with Gasteiger partial charge in [0.2, 0.25) is 0 Å². The molecule has 2 rings (SSSR count). The molecule has 1 aliphatic heterocycles. The number of carbonyl (C=O) groups is 1. The van der Waals surface area contributed by atoms with Gasteiger partial charge < -0.3 is 15.7 Å². The van der Waals surface area contributed by atoms with Gasteiger partial charge in [-0.15, -0.1) is 0 Å². The molecule has 1 aromatic carbocycles. The number of nitrogens with one attached hydrogen (secondary N) is 2. The van der Waals surface area contributed by atoms with Gasteiger partial charge in [0, 0.05) is 36.6 Å². The minimum Gasteiger partial charge on any atom is -0.391 e. The van der Waals surface area contributed by atoms with E-state index in [9.17, 15) is 20.0 Å². The number of benzene rings is 1. The quantitative estimate of drug-likeness (QED) is 0.556. The molecule has 8 heteroatoms. The molecule has 0 spiro atoms. The second-order valence-electron chi connectivity index (χ2n) is 4.61. The van der Waals surface area contributed by atoms with Gasteiger partial charge in [-0.3, -0.25) is 14.9 Å². The highest BCUT2D eigenvalue weighted by atomic mass is 35.5. The van der Waals surface area contributed by atoms with Gasteiger partial charge in [0.15, 0.2) is 0 Å². The van der Waals surface area contributed by atoms with Crippen LogP contribution in [0.25, 0.3) is 0 Å². The molecule has 0 bridgehead atoms. The summed E-state index contributed by atoms with van der Waals surface area (Å²) in [4.78, 5) is 22.3. The lowest BCUT2D eigenvalue weighted by Crippen LogP contribution is -2.34. The first-order chi connectivity index (χ1) is 9.49. The fourth-order valence-corrected chi connectivity index (χ4v) is 2.27. The summed E-state index contributed by atoms with van der Waals surface area (Å²) in [5, 5.41) is 26.3. The van der Waals surface area contributed by atoms with Crippen LogP contribution in [0.15, 0.2) is 18.2 Å². The van der Waals surface area contributed by atoms with Gasteiger partial charge in [0.05, 0.1) is 11.0 Å². The van der Waals surface area contributed by atoms with Crippen LogP contribution in [0, 0.1) is 16.0 Å². The number of halogens is 1. The zero-order valence-corrected chi connectivity index (χ0v) is 11.3. The van der Waals surface area contributed by atoms with Crippen molar-refractivity contribution in [3.8, 4) is 0 Å². The van der Waals surface area contributed by atoms with E-state index in [-0.39, 0.29) is 28.7 Å². The van der Waals surface area contributed by atoms with E-state index in [1.165, 1.54) is 18.2 Å². The maximum atomic E-state index is 12.0. The molecule has 1 saturated heterocycles. The zero-order valence-electron chi connectivity index (χ0n) is 10.5. The number of carbonyl (C=O) groups excluding carboxylic acids is 1. The number of nitro groups is 1. The minimum atomic E-state index is -0.628. The summed E-state index contributed by atoms with van der Waals surface area (Å²) in [6, 6.07) is 3.82. The van der Waals surface area contributed by atoms with Crippen LogP contribution >= 0.6 is 11.6 Å². The van der Waals surface area contributed by atoms with Gasteiger partial charge in [0.1, 0.15) is 5.56 Å². The monoisotopic (exact) mass is 299 g/mol. The van der Waals surface area contributed by atoms with E-state index in [4.69, 9.17) is 11.6 Å². The van der Waals surface area contributed by atoms with Gasteiger partial charge in [-0.05, 0) is 12.1 Å². The molecule has 0 radical (unpaired) electrons. The number of β-amino-alcohol motifs (C(OH)–C–C–N with tert-alkyl or cyclic N) is 1. The number of nitrogens with zero attached hydrogens (tertiary/aromatic N) is 1. The van der Waals surface area contributed by atoms with Crippen LogP contribution in [-0.2, 0) is 0 Å². The number of hydrogen-bond donors (Lipinski definition) is 3. The first kappa shape index (κ1) is 14.7. The third-order valence-electron chi connectivity index (χ3n) is 3.23. The lowest BCUT2D eigenvalue weighted by Gasteiger charge is -2.14. The predicted molar refractivity (Wildman–Crippen MR) is 72.8 cm³/mol. The van der Waals surface area contributed by atoms with Gasteiger partial charge in [-0.2, -0.15) is 0 Å². The largest absolute Gasteiger partial charge is 0.391 e. The van der Waals surface area contributed by atoms with Crippen LogP contribution in [0.5, 0.6) is 0 Å². The Bertz CT molecular complexity index is 537. The number of hydrogen-bond acceptors (Lipinski definition) is 5. The maximum absolute atomic E-state index is 12.0. The van der Waals surface area contributed by atoms with Crippen molar-refractivity contribution in [1.82, 2.24) is 10.6 Å². The highest BCUT2D eigenvalue weighted by molar-refractivity contribution is 6.31. The molecular weight excluding hydrogens is 286 g/mol. The number of rotatable bonds is 4. The molecule has 0 aromatic heterocycles. The van der Waals surface area contributed by atoms with Crippen LogP contribution in [0.4, 0.5) is 5.69 Å². The highest BCUT2D eigenvalue weighted by Crippen LogP contribution is 2.22. The molecule has 7 nitrogen and oxygen atoms in total. The fraction of sp³-hybridized carbons (Fsp3) is 0.417. The Kier molecular flexibility index (Phi) is 4.53. The topological polar surface area (TPSA) is 104 Å². The fourth-order valence-electron chi connectivity index (χ4n) is 2.10. The van der Waals surface area contributed by atoms with Crippen LogP contribution < -0.4 is 10.6 Å². The molecular formula is C12H14ClN3O4. The van der Waals surface area contributed by atoms with E-state index in [1.54, 1.807) is 0 Å². The van der Waals surface area contributed by atoms with Crippen molar-refractivity contribution in [2.45, 2.75) is 6.10 Å². The second kappa shape index (κ2) is 6.17. The third kappa shape index (κ3) is 3.24. The van der Waals surface area contributed by atoms with Crippen molar-refractivity contribution < 1.29 is 14.8 Å². The molecule has 1 aromatic rings. The summed E-state index contributed by atoms with van der Waals surface area (Å²) >= 11 is 5.76. The maximum Gasteiger partial charge on any atom is 0.282 e. The van der Waals surface area contributed by atoms with Crippen LogP contribution in [0.1, 0.15) is 10.4 Å². The van der Waals surface area contributed by atoms with Crippen LogP contribution in [-0.4, -0.2) is 41.7 Å². The van der Waals surface area contributed by atoms with E-state index >= 15 is 0 Å². The molecule has 1 heterocycles. The molecule has 1 aliphatic rings. The Labute approximate surface area is 120 Å². The normalized spacial score (nSPS) is 21.7. The van der Waals surface area contributed by atoms with Gasteiger partial charge in [-0.1, -0.05) is 11.6 Å². The third-order valence-corrected chi connectivity index (χ3v) is 3.46. The van der Waals surface area contributed by atoms with Crippen LogP contribution in [0.2, 0.25) is 5.02 Å². The van der Waals surface area contributed by atoms with E-state index < -0.39 is 16.9 Å². The summed E-state index contributed by atoms with van der Waals surface area (Å²) in [6.45, 7) is 1.33. The van der Waals surface area contributed by atoms with Gasteiger partial charge in [-0.25, -0.2) is 0 Å². The van der Waals surface area contributed by atoms with Crippen molar-refractivity contribution >= 4 is 23.2 Å². The van der Waals surface area contributed by atoms with Crippen molar-refractivity contribution in [1.29, 1.82) is 0 Å². The van der Waals surface area contributed by atoms with Crippen LogP contribution in [0.3, 0.4) is 0 Å². The lowest BCUT2D eigenvalue weighted by atomic mass is 10.1. The summed E-state index contributed by atoms with van der Waals surface area (Å²) in [5.74, 6) is -0.671. The molecule has 3 N–H and O–H groups in total. The summed E-state index contributed by atoms with van der Waals surface area (Å²) < 4.78 is 0. The Hall–Kier alpha value is -1.70. The van der Waals surface area contributed by atoms with Crippen molar-refractivity contribution in [2.24, 2.45) is 5.92 Å². The molecule has 2 unspecified atom stereocenters. The van der Waals surface area contributed by atoms with E-state index in [2.05, 4.69) is 10.6 Å². The van der Waals surface area contributed by atoms with E-state index in [1.807, 2.05) is 0 Å². The zero-order chi connectivity index (χ0) is 14.7. The Morgan fingerprint density at radius 2 is 2.30 bits per heavy atom. The molecule has 1 amide bonds. The number of nitro benzene ring substituents is 1. The standard InChI is InChI=1S/C12H14ClN3O4/c13-8-1-2-10(16(19)20)9(3-8)12(18)15-5-7-4-14-6-11(7)17/h1-3,7,11,14,17H,4-6H2,(H,15,18). The van der Waals surface area contributed by atoms with Crippen molar-refractivity contribution in [3.63, 3.8) is 0 Å². The molecule has 0 saturated carbocycles. The molecule has 1 fully saturated rings. The molecule has 108 valence electrons. The summed E-state index contributed by atoms with van der Waals surface area (Å²) in [7, 11) is 0. The average Bonchev–Trinajstić information content (AvgIpc) is 2.81. The summed E-state index contributed by atoms with van der Waals surface area (Å²) in [5.41, 5.74) is -0.375. The number of aliphatic hydroxyl groups is 1. The van der Waals surface area contributed by atoms with E-state index in [0.717, 1.165) is 0 Å². The molecule has 20 heavy (non-hydrogen) atoms.